The lowest BCUT2D eigenvalue weighted by molar-refractivity contribution is 0.587. The summed E-state index contributed by atoms with van der Waals surface area (Å²) in [7, 11) is 1.95. The summed E-state index contributed by atoms with van der Waals surface area (Å²) >= 11 is 0. The smallest absolute Gasteiger partial charge is 0.0883 e. The van der Waals surface area contributed by atoms with Crippen molar-refractivity contribution >= 4 is 0 Å². The molecule has 2 aromatic rings. The molecule has 0 N–H and O–H groups in total. The van der Waals surface area contributed by atoms with E-state index in [1.165, 1.54) is 5.56 Å². The van der Waals surface area contributed by atoms with Crippen LogP contribution in [0.5, 0.6) is 0 Å². The van der Waals surface area contributed by atoms with Crippen molar-refractivity contribution in [3.63, 3.8) is 0 Å². The number of rotatable bonds is 1. The van der Waals surface area contributed by atoms with Crippen LogP contribution >= 0.6 is 0 Å². The zero-order valence-electron chi connectivity index (χ0n) is 11.2. The number of hydrogen-bond acceptors (Lipinski definition) is 2. The van der Waals surface area contributed by atoms with Crippen LogP contribution in [0, 0.1) is 6.92 Å². The minimum atomic E-state index is 0.147. The Morgan fingerprint density at radius 3 is 2.29 bits per heavy atom. The SMILES string of the molecule is Cc1cc(-c2ccc(C(C)(C)C)cn2)n(C)n1. The van der Waals surface area contributed by atoms with Crippen LogP contribution in [0.1, 0.15) is 32.0 Å². The van der Waals surface area contributed by atoms with Gasteiger partial charge in [0.05, 0.1) is 17.1 Å². The van der Waals surface area contributed by atoms with Crippen molar-refractivity contribution < 1.29 is 0 Å². The summed E-state index contributed by atoms with van der Waals surface area (Å²) in [5, 5.41) is 4.34. The number of nitrogens with zero attached hydrogens (tertiary/aromatic N) is 3. The van der Waals surface area contributed by atoms with Crippen molar-refractivity contribution in [2.75, 3.05) is 0 Å². The van der Waals surface area contributed by atoms with Crippen molar-refractivity contribution in [2.45, 2.75) is 33.1 Å². The van der Waals surface area contributed by atoms with E-state index in [1.54, 1.807) is 0 Å². The zero-order valence-corrected chi connectivity index (χ0v) is 11.2. The maximum absolute atomic E-state index is 4.53. The standard InChI is InChI=1S/C14H19N3/c1-10-8-13(17(5)16-10)12-7-6-11(9-15-12)14(2,3)4/h6-9H,1-5H3. The van der Waals surface area contributed by atoms with Crippen molar-refractivity contribution in [2.24, 2.45) is 7.05 Å². The molecule has 0 aliphatic carbocycles. The summed E-state index contributed by atoms with van der Waals surface area (Å²) < 4.78 is 1.87. The Hall–Kier alpha value is -1.64. The van der Waals surface area contributed by atoms with Gasteiger partial charge in [-0.1, -0.05) is 26.8 Å². The van der Waals surface area contributed by atoms with Crippen LogP contribution in [0.3, 0.4) is 0 Å². The maximum Gasteiger partial charge on any atom is 0.0883 e. The van der Waals surface area contributed by atoms with Crippen molar-refractivity contribution in [1.29, 1.82) is 0 Å². The predicted octanol–water partition coefficient (Wildman–Crippen LogP) is 3.09. The molecule has 0 radical (unpaired) electrons. The first kappa shape index (κ1) is 11.8. The third kappa shape index (κ3) is 2.38. The zero-order chi connectivity index (χ0) is 12.6. The lowest BCUT2D eigenvalue weighted by Gasteiger charge is -2.18. The summed E-state index contributed by atoms with van der Waals surface area (Å²) in [4.78, 5) is 4.53. The first-order valence-corrected chi connectivity index (χ1v) is 5.85. The van der Waals surface area contributed by atoms with Gasteiger partial charge in [0.15, 0.2) is 0 Å². The molecule has 3 heteroatoms. The van der Waals surface area contributed by atoms with E-state index < -0.39 is 0 Å². The molecule has 0 unspecified atom stereocenters. The largest absolute Gasteiger partial charge is 0.266 e. The highest BCUT2D eigenvalue weighted by Crippen LogP contribution is 2.24. The molecule has 2 aromatic heterocycles. The molecule has 17 heavy (non-hydrogen) atoms. The molecule has 0 atom stereocenters. The molecule has 0 aliphatic heterocycles. The highest BCUT2D eigenvalue weighted by molar-refractivity contribution is 5.55. The molecule has 2 rings (SSSR count). The quantitative estimate of drug-likeness (QED) is 0.752. The Balaban J connectivity index is 2.39. The predicted molar refractivity (Wildman–Crippen MR) is 69.9 cm³/mol. The molecule has 0 fully saturated rings. The Bertz CT molecular complexity index is 515. The monoisotopic (exact) mass is 229 g/mol. The van der Waals surface area contributed by atoms with Gasteiger partial charge in [-0.05, 0) is 30.0 Å². The summed E-state index contributed by atoms with van der Waals surface area (Å²) in [6, 6.07) is 6.26. The minimum absolute atomic E-state index is 0.147. The lowest BCUT2D eigenvalue weighted by Crippen LogP contribution is -2.11. The van der Waals surface area contributed by atoms with E-state index in [-0.39, 0.29) is 5.41 Å². The molecular weight excluding hydrogens is 210 g/mol. The first-order valence-electron chi connectivity index (χ1n) is 5.85. The van der Waals surface area contributed by atoms with Crippen molar-refractivity contribution in [1.82, 2.24) is 14.8 Å². The molecule has 2 heterocycles. The molecule has 0 spiro atoms. The molecule has 0 aliphatic rings. The topological polar surface area (TPSA) is 30.7 Å². The Morgan fingerprint density at radius 1 is 1.18 bits per heavy atom. The molecule has 0 aromatic carbocycles. The van der Waals surface area contributed by atoms with Gasteiger partial charge in [0, 0.05) is 13.2 Å². The third-order valence-electron chi connectivity index (χ3n) is 2.89. The van der Waals surface area contributed by atoms with Crippen LogP contribution in [0.4, 0.5) is 0 Å². The van der Waals surface area contributed by atoms with Crippen molar-refractivity contribution in [3.05, 3.63) is 35.7 Å². The minimum Gasteiger partial charge on any atom is -0.266 e. The van der Waals surface area contributed by atoms with E-state index in [9.17, 15) is 0 Å². The molecular formula is C14H19N3. The number of aromatic nitrogens is 3. The molecule has 90 valence electrons. The lowest BCUT2D eigenvalue weighted by atomic mass is 9.88. The Morgan fingerprint density at radius 2 is 1.88 bits per heavy atom. The molecule has 0 saturated carbocycles. The third-order valence-corrected chi connectivity index (χ3v) is 2.89. The van der Waals surface area contributed by atoms with Gasteiger partial charge >= 0.3 is 0 Å². The fourth-order valence-corrected chi connectivity index (χ4v) is 1.84. The van der Waals surface area contributed by atoms with E-state index >= 15 is 0 Å². The van der Waals surface area contributed by atoms with E-state index in [0.717, 1.165) is 17.1 Å². The van der Waals surface area contributed by atoms with E-state index in [0.29, 0.717) is 0 Å². The number of aryl methyl sites for hydroxylation is 2. The summed E-state index contributed by atoms with van der Waals surface area (Å²) in [6.07, 6.45) is 1.96. The van der Waals surface area contributed by atoms with Gasteiger partial charge in [-0.15, -0.1) is 0 Å². The molecule has 0 amide bonds. The Labute approximate surface area is 103 Å². The van der Waals surface area contributed by atoms with Crippen molar-refractivity contribution in [3.8, 4) is 11.4 Å². The van der Waals surface area contributed by atoms with E-state index in [4.69, 9.17) is 0 Å². The Kier molecular flexibility index (Phi) is 2.77. The van der Waals surface area contributed by atoms with Gasteiger partial charge in [0.25, 0.3) is 0 Å². The van der Waals surface area contributed by atoms with Crippen LogP contribution in [0.2, 0.25) is 0 Å². The second-order valence-corrected chi connectivity index (χ2v) is 5.48. The average molecular weight is 229 g/mol. The normalized spacial score (nSPS) is 11.8. The summed E-state index contributed by atoms with van der Waals surface area (Å²) in [5.41, 5.74) is 4.45. The van der Waals surface area contributed by atoms with Crippen LogP contribution in [0.15, 0.2) is 24.4 Å². The fourth-order valence-electron chi connectivity index (χ4n) is 1.84. The van der Waals surface area contributed by atoms with Gasteiger partial charge in [0.2, 0.25) is 0 Å². The first-order chi connectivity index (χ1) is 7.88. The van der Waals surface area contributed by atoms with Crippen LogP contribution in [0.25, 0.3) is 11.4 Å². The number of hydrogen-bond donors (Lipinski definition) is 0. The van der Waals surface area contributed by atoms with Gasteiger partial charge in [-0.2, -0.15) is 5.10 Å². The van der Waals surface area contributed by atoms with Crippen LogP contribution in [-0.4, -0.2) is 14.8 Å². The molecule has 3 nitrogen and oxygen atoms in total. The second-order valence-electron chi connectivity index (χ2n) is 5.48. The number of pyridine rings is 1. The maximum atomic E-state index is 4.53. The molecule has 0 bridgehead atoms. The second kappa shape index (κ2) is 3.99. The molecule has 0 saturated heterocycles. The summed E-state index contributed by atoms with van der Waals surface area (Å²) in [5.74, 6) is 0. The van der Waals surface area contributed by atoms with E-state index in [1.807, 2.05) is 24.9 Å². The van der Waals surface area contributed by atoms with E-state index in [2.05, 4.69) is 49.1 Å². The average Bonchev–Trinajstić information content (AvgIpc) is 2.57. The van der Waals surface area contributed by atoms with Gasteiger partial charge in [0.1, 0.15) is 0 Å². The van der Waals surface area contributed by atoms with Gasteiger partial charge in [-0.3, -0.25) is 9.67 Å². The summed E-state index contributed by atoms with van der Waals surface area (Å²) in [6.45, 7) is 8.57. The van der Waals surface area contributed by atoms with Gasteiger partial charge < -0.3 is 0 Å². The van der Waals surface area contributed by atoms with Crippen LogP contribution in [-0.2, 0) is 12.5 Å². The fraction of sp³-hybridized carbons (Fsp3) is 0.429. The highest BCUT2D eigenvalue weighted by atomic mass is 15.3. The highest BCUT2D eigenvalue weighted by Gasteiger charge is 2.14. The van der Waals surface area contributed by atoms with Gasteiger partial charge in [-0.25, -0.2) is 0 Å². The van der Waals surface area contributed by atoms with Crippen LogP contribution < -0.4 is 0 Å².